The number of halogens is 1. The fraction of sp³-hybridized carbons (Fsp3) is 0.591. The van der Waals surface area contributed by atoms with Crippen molar-refractivity contribution in [2.24, 2.45) is 5.92 Å². The molecule has 1 aliphatic heterocycles. The van der Waals surface area contributed by atoms with E-state index in [1.807, 2.05) is 0 Å². The quantitative estimate of drug-likeness (QED) is 0.762. The Balaban J connectivity index is 1.22. The van der Waals surface area contributed by atoms with Gasteiger partial charge in [0, 0.05) is 38.6 Å². The van der Waals surface area contributed by atoms with E-state index in [-0.39, 0.29) is 11.7 Å². The fourth-order valence-corrected chi connectivity index (χ4v) is 5.28. The summed E-state index contributed by atoms with van der Waals surface area (Å²) < 4.78 is 13.1. The third-order valence-corrected chi connectivity index (χ3v) is 7.02. The molecule has 2 heterocycles. The molecule has 2 aliphatic rings. The fourth-order valence-electron chi connectivity index (χ4n) is 4.36. The van der Waals surface area contributed by atoms with Crippen LogP contribution in [0.15, 0.2) is 24.3 Å². The van der Waals surface area contributed by atoms with Gasteiger partial charge in [0.05, 0.1) is 6.54 Å². The van der Waals surface area contributed by atoms with Gasteiger partial charge < -0.3 is 10.2 Å². The summed E-state index contributed by atoms with van der Waals surface area (Å²) in [7, 11) is 0. The van der Waals surface area contributed by atoms with E-state index in [4.69, 9.17) is 0 Å². The van der Waals surface area contributed by atoms with Gasteiger partial charge in [0.15, 0.2) is 0 Å². The van der Waals surface area contributed by atoms with E-state index in [2.05, 4.69) is 32.2 Å². The standard InChI is InChI=1S/C22H30FN5OS/c1-16-3-2-4-19(13-16)24-20(29)15-27-9-11-28(12-10-27)22-26-25-21(30-22)14-17-5-7-18(23)8-6-17/h5-8,16,19H,2-4,9-15H2,1H3,(H,24,29). The lowest BCUT2D eigenvalue weighted by molar-refractivity contribution is -0.123. The van der Waals surface area contributed by atoms with Gasteiger partial charge in [0.2, 0.25) is 11.0 Å². The minimum atomic E-state index is -0.225. The number of benzene rings is 1. The van der Waals surface area contributed by atoms with Crippen molar-refractivity contribution in [3.05, 3.63) is 40.7 Å². The molecule has 1 N–H and O–H groups in total. The predicted octanol–water partition coefficient (Wildman–Crippen LogP) is 3.08. The SMILES string of the molecule is CC1CCCC(NC(=O)CN2CCN(c3nnc(Cc4ccc(F)cc4)s3)CC2)C1. The van der Waals surface area contributed by atoms with Crippen LogP contribution in [0.5, 0.6) is 0 Å². The molecule has 1 saturated carbocycles. The van der Waals surface area contributed by atoms with Crippen LogP contribution in [-0.2, 0) is 11.2 Å². The minimum Gasteiger partial charge on any atom is -0.352 e. The number of anilines is 1. The van der Waals surface area contributed by atoms with E-state index in [0.717, 1.165) is 54.7 Å². The Morgan fingerprint density at radius 1 is 1.17 bits per heavy atom. The van der Waals surface area contributed by atoms with Crippen molar-refractivity contribution in [3.63, 3.8) is 0 Å². The van der Waals surface area contributed by atoms with Crippen molar-refractivity contribution in [1.82, 2.24) is 20.4 Å². The van der Waals surface area contributed by atoms with Crippen molar-refractivity contribution in [2.45, 2.75) is 45.1 Å². The molecule has 2 fully saturated rings. The van der Waals surface area contributed by atoms with E-state index >= 15 is 0 Å². The second kappa shape index (κ2) is 9.83. The number of amides is 1. The van der Waals surface area contributed by atoms with Crippen LogP contribution in [0.3, 0.4) is 0 Å². The normalized spacial score (nSPS) is 22.8. The van der Waals surface area contributed by atoms with Crippen molar-refractivity contribution >= 4 is 22.4 Å². The molecule has 2 aromatic rings. The molecule has 1 saturated heterocycles. The first-order chi connectivity index (χ1) is 14.5. The maximum Gasteiger partial charge on any atom is 0.234 e. The average Bonchev–Trinajstić information content (AvgIpc) is 3.19. The smallest absolute Gasteiger partial charge is 0.234 e. The topological polar surface area (TPSA) is 61.4 Å². The Hall–Kier alpha value is -2.06. The summed E-state index contributed by atoms with van der Waals surface area (Å²) in [4.78, 5) is 16.9. The van der Waals surface area contributed by atoms with Crippen molar-refractivity contribution in [1.29, 1.82) is 0 Å². The maximum atomic E-state index is 13.1. The number of nitrogens with one attached hydrogen (secondary N) is 1. The first kappa shape index (κ1) is 21.2. The lowest BCUT2D eigenvalue weighted by Crippen LogP contribution is -2.51. The number of hydrogen-bond donors (Lipinski definition) is 1. The Bertz CT molecular complexity index is 834. The molecule has 0 spiro atoms. The van der Waals surface area contributed by atoms with Gasteiger partial charge in [0.25, 0.3) is 0 Å². The van der Waals surface area contributed by atoms with Crippen LogP contribution in [-0.4, -0.2) is 59.8 Å². The molecule has 8 heteroatoms. The van der Waals surface area contributed by atoms with E-state index in [1.165, 1.54) is 25.0 Å². The van der Waals surface area contributed by atoms with Gasteiger partial charge in [-0.3, -0.25) is 9.69 Å². The summed E-state index contributed by atoms with van der Waals surface area (Å²) in [6, 6.07) is 6.87. The van der Waals surface area contributed by atoms with Gasteiger partial charge in [-0.2, -0.15) is 0 Å². The molecule has 6 nitrogen and oxygen atoms in total. The zero-order valence-corrected chi connectivity index (χ0v) is 18.3. The number of hydrogen-bond acceptors (Lipinski definition) is 6. The number of aromatic nitrogens is 2. The van der Waals surface area contributed by atoms with Crippen LogP contribution < -0.4 is 10.2 Å². The van der Waals surface area contributed by atoms with Crippen LogP contribution >= 0.6 is 11.3 Å². The van der Waals surface area contributed by atoms with E-state index in [9.17, 15) is 9.18 Å². The second-order valence-electron chi connectivity index (χ2n) is 8.58. The summed E-state index contributed by atoms with van der Waals surface area (Å²) in [6.07, 6.45) is 5.39. The summed E-state index contributed by atoms with van der Waals surface area (Å²) in [5.41, 5.74) is 1.03. The summed E-state index contributed by atoms with van der Waals surface area (Å²) in [6.45, 7) is 6.14. The van der Waals surface area contributed by atoms with E-state index in [1.54, 1.807) is 23.5 Å². The number of rotatable bonds is 6. The molecule has 1 aromatic heterocycles. The van der Waals surface area contributed by atoms with Crippen molar-refractivity contribution in [3.8, 4) is 0 Å². The third kappa shape index (κ3) is 5.76. The van der Waals surface area contributed by atoms with Crippen LogP contribution in [0.2, 0.25) is 0 Å². The van der Waals surface area contributed by atoms with Gasteiger partial charge in [-0.15, -0.1) is 10.2 Å². The highest BCUT2D eigenvalue weighted by molar-refractivity contribution is 7.15. The minimum absolute atomic E-state index is 0.153. The predicted molar refractivity (Wildman–Crippen MR) is 117 cm³/mol. The molecule has 1 amide bonds. The lowest BCUT2D eigenvalue weighted by atomic mass is 9.87. The Morgan fingerprint density at radius 2 is 1.93 bits per heavy atom. The zero-order valence-electron chi connectivity index (χ0n) is 17.5. The summed E-state index contributed by atoms with van der Waals surface area (Å²) in [5, 5.41) is 13.7. The molecule has 1 aromatic carbocycles. The Kier molecular flexibility index (Phi) is 6.94. The van der Waals surface area contributed by atoms with E-state index in [0.29, 0.717) is 24.9 Å². The highest BCUT2D eigenvalue weighted by atomic mass is 32.1. The van der Waals surface area contributed by atoms with Crippen LogP contribution in [0, 0.1) is 11.7 Å². The number of piperazine rings is 1. The van der Waals surface area contributed by atoms with Gasteiger partial charge in [-0.25, -0.2) is 4.39 Å². The van der Waals surface area contributed by atoms with Gasteiger partial charge in [0.1, 0.15) is 10.8 Å². The zero-order chi connectivity index (χ0) is 20.9. The number of nitrogens with zero attached hydrogens (tertiary/aromatic N) is 4. The van der Waals surface area contributed by atoms with Crippen molar-refractivity contribution < 1.29 is 9.18 Å². The van der Waals surface area contributed by atoms with Crippen LogP contribution in [0.25, 0.3) is 0 Å². The first-order valence-corrected chi connectivity index (χ1v) is 11.7. The van der Waals surface area contributed by atoms with Crippen LogP contribution in [0.4, 0.5) is 9.52 Å². The molecule has 0 radical (unpaired) electrons. The van der Waals surface area contributed by atoms with Crippen molar-refractivity contribution in [2.75, 3.05) is 37.6 Å². The molecule has 2 atom stereocenters. The van der Waals surface area contributed by atoms with Gasteiger partial charge in [-0.05, 0) is 36.5 Å². The first-order valence-electron chi connectivity index (χ1n) is 10.9. The second-order valence-corrected chi connectivity index (χ2v) is 9.62. The highest BCUT2D eigenvalue weighted by Crippen LogP contribution is 2.24. The largest absolute Gasteiger partial charge is 0.352 e. The monoisotopic (exact) mass is 431 g/mol. The molecule has 162 valence electrons. The molecular formula is C22H30FN5OS. The number of carbonyl (C=O) groups excluding carboxylic acids is 1. The van der Waals surface area contributed by atoms with Gasteiger partial charge in [-0.1, -0.05) is 43.2 Å². The maximum absolute atomic E-state index is 13.1. The number of carbonyl (C=O) groups is 1. The summed E-state index contributed by atoms with van der Waals surface area (Å²) in [5.74, 6) is 0.643. The molecular weight excluding hydrogens is 401 g/mol. The van der Waals surface area contributed by atoms with Gasteiger partial charge >= 0.3 is 0 Å². The van der Waals surface area contributed by atoms with E-state index < -0.39 is 0 Å². The molecule has 1 aliphatic carbocycles. The van der Waals surface area contributed by atoms with Crippen LogP contribution in [0.1, 0.15) is 43.2 Å². The average molecular weight is 432 g/mol. The third-order valence-electron chi connectivity index (χ3n) is 6.04. The Morgan fingerprint density at radius 3 is 2.67 bits per heavy atom. The molecule has 4 rings (SSSR count). The molecule has 0 bridgehead atoms. The summed E-state index contributed by atoms with van der Waals surface area (Å²) >= 11 is 1.59. The Labute approximate surface area is 181 Å². The molecule has 2 unspecified atom stereocenters. The molecule has 30 heavy (non-hydrogen) atoms. The lowest BCUT2D eigenvalue weighted by Gasteiger charge is -2.34. The highest BCUT2D eigenvalue weighted by Gasteiger charge is 2.24.